The van der Waals surface area contributed by atoms with E-state index in [0.29, 0.717) is 21.7 Å². The normalized spacial score (nSPS) is 14.7. The van der Waals surface area contributed by atoms with Crippen molar-refractivity contribution in [3.05, 3.63) is 80.7 Å². The second kappa shape index (κ2) is 7.50. The van der Waals surface area contributed by atoms with Gasteiger partial charge in [-0.1, -0.05) is 27.5 Å². The van der Waals surface area contributed by atoms with Gasteiger partial charge in [0.25, 0.3) is 11.8 Å². The van der Waals surface area contributed by atoms with Crippen LogP contribution in [0.3, 0.4) is 0 Å². The van der Waals surface area contributed by atoms with E-state index < -0.39 is 11.8 Å². The Labute approximate surface area is 180 Å². The Bertz CT molecular complexity index is 1180. The van der Waals surface area contributed by atoms with Crippen LogP contribution in [0, 0.1) is 13.8 Å². The third-order valence-electron chi connectivity index (χ3n) is 4.69. The first-order valence-corrected chi connectivity index (χ1v) is 9.96. The maximum absolute atomic E-state index is 12.3. The van der Waals surface area contributed by atoms with Crippen LogP contribution in [0.1, 0.15) is 27.3 Å². The van der Waals surface area contributed by atoms with Crippen LogP contribution in [0.2, 0.25) is 5.02 Å². The molecule has 0 saturated carbocycles. The molecule has 3 aromatic rings. The number of carbonyl (C=O) groups is 2. The molecule has 8 heteroatoms. The van der Waals surface area contributed by atoms with Crippen LogP contribution in [-0.4, -0.2) is 21.6 Å². The van der Waals surface area contributed by atoms with Crippen LogP contribution >= 0.6 is 27.5 Å². The summed E-state index contributed by atoms with van der Waals surface area (Å²) in [7, 11) is 0. The fraction of sp³-hybridized carbons (Fsp3) is 0.0952. The number of benzene rings is 2. The van der Waals surface area contributed by atoms with Gasteiger partial charge < -0.3 is 5.32 Å². The van der Waals surface area contributed by atoms with Gasteiger partial charge in [-0.05, 0) is 56.3 Å². The molecule has 0 aliphatic carbocycles. The Kier molecular flexibility index (Phi) is 5.02. The Morgan fingerprint density at radius 2 is 1.79 bits per heavy atom. The predicted molar refractivity (Wildman–Crippen MR) is 116 cm³/mol. The molecule has 4 rings (SSSR count). The van der Waals surface area contributed by atoms with Gasteiger partial charge >= 0.3 is 0 Å². The molecular formula is C21H16BrClN4O2. The van der Waals surface area contributed by atoms with Crippen molar-refractivity contribution in [1.29, 1.82) is 0 Å². The zero-order chi connectivity index (χ0) is 20.7. The minimum Gasteiger partial charge on any atom is -0.361 e. The van der Waals surface area contributed by atoms with Gasteiger partial charge in [-0.2, -0.15) is 5.10 Å². The molecule has 0 saturated heterocycles. The van der Waals surface area contributed by atoms with Gasteiger partial charge in [0.05, 0.1) is 27.7 Å². The van der Waals surface area contributed by atoms with E-state index in [1.54, 1.807) is 29.1 Å². The molecule has 2 heterocycles. The number of halogens is 2. The van der Waals surface area contributed by atoms with Crippen molar-refractivity contribution in [3.8, 4) is 5.69 Å². The van der Waals surface area contributed by atoms with Crippen LogP contribution in [-0.2, 0) is 4.79 Å². The molecule has 1 aliphatic rings. The number of fused-ring (bicyclic) bond motifs is 1. The van der Waals surface area contributed by atoms with Gasteiger partial charge in [0.2, 0.25) is 0 Å². The molecule has 2 N–H and O–H groups in total. The summed E-state index contributed by atoms with van der Waals surface area (Å²) < 4.78 is 2.57. The number of imide groups is 1. The number of carbonyl (C=O) groups excluding carboxylic acids is 2. The van der Waals surface area contributed by atoms with Crippen LogP contribution in [0.5, 0.6) is 0 Å². The molecule has 1 aliphatic heterocycles. The molecule has 1 aromatic heterocycles. The molecule has 0 fully saturated rings. The number of amides is 2. The summed E-state index contributed by atoms with van der Waals surface area (Å²) in [5.74, 6) is -0.843. The van der Waals surface area contributed by atoms with E-state index in [-0.39, 0.29) is 0 Å². The SMILES string of the molecule is Cc1nn(-c2ccc(N/C=C3\C(=O)NC(=O)c4ccc(Br)cc43)cc2)c(C)c1Cl. The molecule has 0 bridgehead atoms. The number of nitrogens with zero attached hydrogens (tertiary/aromatic N) is 2. The van der Waals surface area contributed by atoms with E-state index in [1.165, 1.54) is 0 Å². The van der Waals surface area contributed by atoms with Crippen LogP contribution in [0.4, 0.5) is 5.69 Å². The average Bonchev–Trinajstić information content (AvgIpc) is 2.95. The van der Waals surface area contributed by atoms with Crippen LogP contribution in [0.15, 0.2) is 53.1 Å². The monoisotopic (exact) mass is 470 g/mol. The third kappa shape index (κ3) is 3.59. The van der Waals surface area contributed by atoms with Crippen molar-refractivity contribution in [3.63, 3.8) is 0 Å². The smallest absolute Gasteiger partial charge is 0.260 e. The molecule has 2 amide bonds. The largest absolute Gasteiger partial charge is 0.361 e. The van der Waals surface area contributed by atoms with Crippen LogP contribution < -0.4 is 10.6 Å². The Morgan fingerprint density at radius 1 is 1.07 bits per heavy atom. The lowest BCUT2D eigenvalue weighted by Crippen LogP contribution is -2.36. The van der Waals surface area contributed by atoms with Crippen molar-refractivity contribution >= 4 is 50.6 Å². The highest BCUT2D eigenvalue weighted by atomic mass is 79.9. The zero-order valence-electron chi connectivity index (χ0n) is 15.6. The zero-order valence-corrected chi connectivity index (χ0v) is 17.9. The number of nitrogens with one attached hydrogen (secondary N) is 2. The van der Waals surface area contributed by atoms with E-state index >= 15 is 0 Å². The topological polar surface area (TPSA) is 76.0 Å². The number of hydrogen-bond donors (Lipinski definition) is 2. The number of aryl methyl sites for hydroxylation is 1. The summed E-state index contributed by atoms with van der Waals surface area (Å²) in [6, 6.07) is 12.8. The molecule has 29 heavy (non-hydrogen) atoms. The molecular weight excluding hydrogens is 456 g/mol. The highest BCUT2D eigenvalue weighted by Gasteiger charge is 2.27. The summed E-state index contributed by atoms with van der Waals surface area (Å²) in [6.07, 6.45) is 1.60. The molecule has 0 spiro atoms. The number of anilines is 1. The number of hydrogen-bond acceptors (Lipinski definition) is 4. The lowest BCUT2D eigenvalue weighted by atomic mass is 9.95. The molecule has 2 aromatic carbocycles. The minimum absolute atomic E-state index is 0.385. The minimum atomic E-state index is -0.443. The van der Waals surface area contributed by atoms with Crippen molar-refractivity contribution in [2.75, 3.05) is 5.32 Å². The summed E-state index contributed by atoms with van der Waals surface area (Å²) >= 11 is 9.61. The van der Waals surface area contributed by atoms with Crippen molar-refractivity contribution in [1.82, 2.24) is 15.1 Å². The summed E-state index contributed by atoms with van der Waals surface area (Å²) in [4.78, 5) is 24.4. The fourth-order valence-electron chi connectivity index (χ4n) is 3.17. The van der Waals surface area contributed by atoms with Crippen molar-refractivity contribution < 1.29 is 9.59 Å². The maximum Gasteiger partial charge on any atom is 0.260 e. The first kappa shape index (κ1) is 19.4. The fourth-order valence-corrected chi connectivity index (χ4v) is 3.65. The predicted octanol–water partition coefficient (Wildman–Crippen LogP) is 4.63. The standard InChI is InChI=1S/C21H16BrClN4O2/c1-11-19(23)12(2)27(26-11)15-6-4-14(5-7-15)24-10-18-17-9-13(22)3-8-16(17)20(28)25-21(18)29/h3-10,24H,1-2H3,(H,25,28,29)/b18-10-. The van der Waals surface area contributed by atoms with Crippen LogP contribution in [0.25, 0.3) is 11.3 Å². The second-order valence-electron chi connectivity index (χ2n) is 6.62. The van der Waals surface area contributed by atoms with E-state index in [2.05, 4.69) is 31.7 Å². The molecule has 0 atom stereocenters. The molecule has 0 radical (unpaired) electrons. The lowest BCUT2D eigenvalue weighted by Gasteiger charge is -2.18. The van der Waals surface area contributed by atoms with E-state index in [9.17, 15) is 9.59 Å². The lowest BCUT2D eigenvalue weighted by molar-refractivity contribution is -0.114. The van der Waals surface area contributed by atoms with Gasteiger partial charge in [0.15, 0.2) is 0 Å². The highest BCUT2D eigenvalue weighted by molar-refractivity contribution is 9.10. The molecule has 146 valence electrons. The summed E-state index contributed by atoms with van der Waals surface area (Å²) in [5, 5.41) is 10.6. The second-order valence-corrected chi connectivity index (χ2v) is 7.91. The van der Waals surface area contributed by atoms with Gasteiger partial charge in [-0.25, -0.2) is 4.68 Å². The van der Waals surface area contributed by atoms with E-state index in [4.69, 9.17) is 11.6 Å². The highest BCUT2D eigenvalue weighted by Crippen LogP contribution is 2.28. The van der Waals surface area contributed by atoms with Gasteiger partial charge in [0.1, 0.15) is 0 Å². The summed E-state index contributed by atoms with van der Waals surface area (Å²) in [6.45, 7) is 3.78. The maximum atomic E-state index is 12.3. The molecule has 0 unspecified atom stereocenters. The molecule has 6 nitrogen and oxygen atoms in total. The first-order valence-electron chi connectivity index (χ1n) is 8.79. The van der Waals surface area contributed by atoms with E-state index in [0.717, 1.165) is 27.2 Å². The average molecular weight is 472 g/mol. The Balaban J connectivity index is 1.62. The Hall–Kier alpha value is -2.90. The van der Waals surface area contributed by atoms with Gasteiger partial charge in [-0.15, -0.1) is 0 Å². The van der Waals surface area contributed by atoms with Crippen molar-refractivity contribution in [2.45, 2.75) is 13.8 Å². The van der Waals surface area contributed by atoms with Gasteiger partial charge in [-0.3, -0.25) is 14.9 Å². The Morgan fingerprint density at radius 3 is 2.45 bits per heavy atom. The summed E-state index contributed by atoms with van der Waals surface area (Å²) in [5.41, 5.74) is 4.74. The quantitative estimate of drug-likeness (QED) is 0.431. The number of aromatic nitrogens is 2. The van der Waals surface area contributed by atoms with Crippen molar-refractivity contribution in [2.24, 2.45) is 0 Å². The third-order valence-corrected chi connectivity index (χ3v) is 5.73. The first-order chi connectivity index (χ1) is 13.8. The number of rotatable bonds is 3. The van der Waals surface area contributed by atoms with E-state index in [1.807, 2.05) is 38.1 Å². The van der Waals surface area contributed by atoms with Gasteiger partial charge in [0, 0.05) is 27.5 Å².